The van der Waals surface area contributed by atoms with Crippen LogP contribution < -0.4 is 5.32 Å². The molecule has 2 nitrogen and oxygen atoms in total. The van der Waals surface area contributed by atoms with Crippen molar-refractivity contribution >= 4 is 0 Å². The maximum atomic E-state index is 3.61. The molecule has 2 rings (SSSR count). The van der Waals surface area contributed by atoms with Gasteiger partial charge >= 0.3 is 0 Å². The highest BCUT2D eigenvalue weighted by Gasteiger charge is 2.22. The quantitative estimate of drug-likeness (QED) is 0.871. The molecule has 1 heterocycles. The Morgan fingerprint density at radius 3 is 2.26 bits per heavy atom. The largest absolute Gasteiger partial charge is 0.314 e. The first-order valence-corrected chi connectivity index (χ1v) is 7.57. The van der Waals surface area contributed by atoms with Crippen molar-refractivity contribution in [3.8, 4) is 0 Å². The Kier molecular flexibility index (Phi) is 5.00. The van der Waals surface area contributed by atoms with Gasteiger partial charge in [0.2, 0.25) is 0 Å². The number of hydrogen-bond acceptors (Lipinski definition) is 2. The van der Waals surface area contributed by atoms with Crippen molar-refractivity contribution < 1.29 is 0 Å². The van der Waals surface area contributed by atoms with E-state index in [-0.39, 0.29) is 0 Å². The Bertz CT molecular complexity index is 375. The molecule has 1 aliphatic heterocycles. The topological polar surface area (TPSA) is 15.3 Å². The molecule has 1 N–H and O–H groups in total. The van der Waals surface area contributed by atoms with Crippen molar-refractivity contribution in [2.24, 2.45) is 0 Å². The van der Waals surface area contributed by atoms with Crippen LogP contribution in [0.15, 0.2) is 24.3 Å². The Morgan fingerprint density at radius 2 is 1.79 bits per heavy atom. The second-order valence-electron chi connectivity index (χ2n) is 6.33. The number of hydrogen-bond donors (Lipinski definition) is 1. The first kappa shape index (κ1) is 14.5. The fraction of sp³-hybridized carbons (Fsp3) is 0.647. The lowest BCUT2D eigenvalue weighted by Gasteiger charge is -2.28. The van der Waals surface area contributed by atoms with Crippen LogP contribution in [0, 0.1) is 0 Å². The van der Waals surface area contributed by atoms with Crippen molar-refractivity contribution in [1.82, 2.24) is 10.2 Å². The maximum absolute atomic E-state index is 3.61. The van der Waals surface area contributed by atoms with Crippen LogP contribution in [0.4, 0.5) is 0 Å². The van der Waals surface area contributed by atoms with E-state index in [1.54, 1.807) is 0 Å². The van der Waals surface area contributed by atoms with Crippen LogP contribution in [0.25, 0.3) is 0 Å². The highest BCUT2D eigenvalue weighted by molar-refractivity contribution is 5.27. The van der Waals surface area contributed by atoms with Crippen LogP contribution in [0.1, 0.15) is 56.2 Å². The Labute approximate surface area is 118 Å². The molecule has 19 heavy (non-hydrogen) atoms. The molecule has 0 saturated carbocycles. The lowest BCUT2D eigenvalue weighted by atomic mass is 9.94. The molecular formula is C17H28N2. The van der Waals surface area contributed by atoms with Crippen LogP contribution in [-0.2, 0) is 0 Å². The van der Waals surface area contributed by atoms with E-state index in [9.17, 15) is 0 Å². The predicted octanol–water partition coefficient (Wildman–Crippen LogP) is 3.55. The van der Waals surface area contributed by atoms with Gasteiger partial charge in [-0.25, -0.2) is 0 Å². The zero-order chi connectivity index (χ0) is 13.8. The van der Waals surface area contributed by atoms with Gasteiger partial charge in [-0.3, -0.25) is 0 Å². The van der Waals surface area contributed by atoms with E-state index in [2.05, 4.69) is 62.4 Å². The molecule has 1 aliphatic rings. The third-order valence-corrected chi connectivity index (χ3v) is 4.28. The van der Waals surface area contributed by atoms with Crippen molar-refractivity contribution in [2.75, 3.05) is 20.6 Å². The summed E-state index contributed by atoms with van der Waals surface area (Å²) in [5.41, 5.74) is 2.88. The van der Waals surface area contributed by atoms with Crippen molar-refractivity contribution in [3.63, 3.8) is 0 Å². The molecular weight excluding hydrogens is 232 g/mol. The van der Waals surface area contributed by atoms with E-state index < -0.39 is 0 Å². The smallest absolute Gasteiger partial charge is 0.0356 e. The van der Waals surface area contributed by atoms with Crippen molar-refractivity contribution in [3.05, 3.63) is 35.4 Å². The van der Waals surface area contributed by atoms with E-state index in [4.69, 9.17) is 0 Å². The van der Waals surface area contributed by atoms with Crippen LogP contribution in [-0.4, -0.2) is 31.6 Å². The minimum atomic E-state index is 0.525. The van der Waals surface area contributed by atoms with Crippen LogP contribution in [0.2, 0.25) is 0 Å². The first-order valence-electron chi connectivity index (χ1n) is 7.57. The molecule has 1 fully saturated rings. The standard InChI is InChI=1S/C17H28N2/c1-13(2)14-7-9-15(10-8-14)17(19(3)4)12-16-6-5-11-18-16/h7-10,13,16-18H,5-6,11-12H2,1-4H3. The molecule has 0 spiro atoms. The monoisotopic (exact) mass is 260 g/mol. The number of nitrogens with zero attached hydrogens (tertiary/aromatic N) is 1. The molecule has 2 atom stereocenters. The SMILES string of the molecule is CC(C)c1ccc(C(CC2CCCN2)N(C)C)cc1. The van der Waals surface area contributed by atoms with Gasteiger partial charge in [-0.1, -0.05) is 38.1 Å². The van der Waals surface area contributed by atoms with Gasteiger partial charge in [-0.15, -0.1) is 0 Å². The molecule has 2 heteroatoms. The predicted molar refractivity (Wildman–Crippen MR) is 82.6 cm³/mol. The molecule has 106 valence electrons. The summed E-state index contributed by atoms with van der Waals surface area (Å²) in [5.74, 6) is 0.614. The lowest BCUT2D eigenvalue weighted by molar-refractivity contribution is 0.263. The summed E-state index contributed by atoms with van der Waals surface area (Å²) in [6.45, 7) is 5.69. The third kappa shape index (κ3) is 3.80. The van der Waals surface area contributed by atoms with E-state index in [0.29, 0.717) is 18.0 Å². The van der Waals surface area contributed by atoms with Gasteiger partial charge in [0.25, 0.3) is 0 Å². The minimum Gasteiger partial charge on any atom is -0.314 e. The number of nitrogens with one attached hydrogen (secondary N) is 1. The summed E-state index contributed by atoms with van der Waals surface area (Å²) in [5, 5.41) is 3.61. The van der Waals surface area contributed by atoms with Crippen LogP contribution in [0.5, 0.6) is 0 Å². The van der Waals surface area contributed by atoms with Crippen LogP contribution >= 0.6 is 0 Å². The van der Waals surface area contributed by atoms with Gasteiger partial charge in [0.15, 0.2) is 0 Å². The zero-order valence-electron chi connectivity index (χ0n) is 12.8. The molecule has 2 unspecified atom stereocenters. The van der Waals surface area contributed by atoms with Gasteiger partial charge in [-0.2, -0.15) is 0 Å². The molecule has 0 amide bonds. The summed E-state index contributed by atoms with van der Waals surface area (Å²) in [7, 11) is 4.38. The summed E-state index contributed by atoms with van der Waals surface area (Å²) >= 11 is 0. The lowest BCUT2D eigenvalue weighted by Crippen LogP contribution is -2.29. The van der Waals surface area contributed by atoms with Gasteiger partial charge in [0, 0.05) is 12.1 Å². The highest BCUT2D eigenvalue weighted by Crippen LogP contribution is 2.27. The van der Waals surface area contributed by atoms with Crippen LogP contribution in [0.3, 0.4) is 0 Å². The average molecular weight is 260 g/mol. The second kappa shape index (κ2) is 6.53. The molecule has 1 aromatic rings. The second-order valence-corrected chi connectivity index (χ2v) is 6.33. The Balaban J connectivity index is 2.09. The number of rotatable bonds is 5. The summed E-state index contributed by atoms with van der Waals surface area (Å²) in [6, 6.07) is 10.4. The third-order valence-electron chi connectivity index (χ3n) is 4.28. The molecule has 0 bridgehead atoms. The van der Waals surface area contributed by atoms with Gasteiger partial charge in [0.1, 0.15) is 0 Å². The van der Waals surface area contributed by atoms with E-state index in [1.807, 2.05) is 0 Å². The highest BCUT2D eigenvalue weighted by atomic mass is 15.1. The maximum Gasteiger partial charge on any atom is 0.0356 e. The fourth-order valence-corrected chi connectivity index (χ4v) is 2.98. The summed E-state index contributed by atoms with van der Waals surface area (Å²) in [4.78, 5) is 2.35. The molecule has 0 aliphatic carbocycles. The first-order chi connectivity index (χ1) is 9.08. The van der Waals surface area contributed by atoms with Crippen molar-refractivity contribution in [1.29, 1.82) is 0 Å². The molecule has 1 saturated heterocycles. The zero-order valence-corrected chi connectivity index (χ0v) is 12.8. The molecule has 0 radical (unpaired) electrons. The van der Waals surface area contributed by atoms with E-state index >= 15 is 0 Å². The normalized spacial score (nSPS) is 21.3. The van der Waals surface area contributed by atoms with E-state index in [0.717, 1.165) is 0 Å². The van der Waals surface area contributed by atoms with Gasteiger partial charge in [-0.05, 0) is 56.9 Å². The molecule has 1 aromatic carbocycles. The summed E-state index contributed by atoms with van der Waals surface area (Å²) < 4.78 is 0. The van der Waals surface area contributed by atoms with Gasteiger partial charge < -0.3 is 10.2 Å². The Hall–Kier alpha value is -0.860. The summed E-state index contributed by atoms with van der Waals surface area (Å²) in [6.07, 6.45) is 3.87. The fourth-order valence-electron chi connectivity index (χ4n) is 2.98. The average Bonchev–Trinajstić information content (AvgIpc) is 2.88. The van der Waals surface area contributed by atoms with Gasteiger partial charge in [0.05, 0.1) is 0 Å². The number of benzene rings is 1. The minimum absolute atomic E-state index is 0.525. The Morgan fingerprint density at radius 1 is 1.16 bits per heavy atom. The van der Waals surface area contributed by atoms with E-state index in [1.165, 1.54) is 36.9 Å². The van der Waals surface area contributed by atoms with Crippen molar-refractivity contribution in [2.45, 2.75) is 51.1 Å². The molecule has 0 aromatic heterocycles.